The summed E-state index contributed by atoms with van der Waals surface area (Å²) in [5.41, 5.74) is 4.43. The Hall–Kier alpha value is -1.57. The first kappa shape index (κ1) is 14.4. The van der Waals surface area contributed by atoms with Crippen LogP contribution in [0.15, 0.2) is 36.0 Å². The van der Waals surface area contributed by atoms with E-state index >= 15 is 0 Å². The minimum absolute atomic E-state index is 0.0890. The molecular weight excluding hydrogens is 256 g/mol. The van der Waals surface area contributed by atoms with Crippen molar-refractivity contribution in [1.82, 2.24) is 0 Å². The Morgan fingerprint density at radius 3 is 2.48 bits per heavy atom. The van der Waals surface area contributed by atoms with E-state index in [1.165, 1.54) is 42.6 Å². The Morgan fingerprint density at radius 1 is 1.14 bits per heavy atom. The van der Waals surface area contributed by atoms with E-state index in [0.717, 1.165) is 0 Å². The molecule has 1 aliphatic heterocycles. The van der Waals surface area contributed by atoms with E-state index in [1.54, 1.807) is 0 Å². The molecule has 0 bridgehead atoms. The van der Waals surface area contributed by atoms with E-state index in [4.69, 9.17) is 0 Å². The van der Waals surface area contributed by atoms with Gasteiger partial charge in [-0.1, -0.05) is 44.9 Å². The van der Waals surface area contributed by atoms with Crippen molar-refractivity contribution < 1.29 is 4.58 Å². The van der Waals surface area contributed by atoms with Crippen LogP contribution in [0.4, 0.5) is 5.69 Å². The van der Waals surface area contributed by atoms with Gasteiger partial charge < -0.3 is 4.90 Å². The minimum atomic E-state index is 0.0890. The number of hydrogen-bond donors (Lipinski definition) is 0. The third kappa shape index (κ3) is 2.41. The van der Waals surface area contributed by atoms with Crippen LogP contribution in [0, 0.1) is 0 Å². The van der Waals surface area contributed by atoms with Gasteiger partial charge in [0.25, 0.3) is 0 Å². The van der Waals surface area contributed by atoms with Gasteiger partial charge in [-0.3, -0.25) is 0 Å². The Labute approximate surface area is 128 Å². The van der Waals surface area contributed by atoms with Crippen LogP contribution in [-0.2, 0) is 5.41 Å². The summed E-state index contributed by atoms with van der Waals surface area (Å²) in [6.45, 7) is 4.71. The van der Waals surface area contributed by atoms with Crippen LogP contribution in [0.2, 0.25) is 0 Å². The second-order valence-corrected chi connectivity index (χ2v) is 7.12. The van der Waals surface area contributed by atoms with Gasteiger partial charge >= 0.3 is 0 Å². The topological polar surface area (TPSA) is 6.25 Å². The highest BCUT2D eigenvalue weighted by Gasteiger charge is 2.43. The molecule has 1 aromatic carbocycles. The molecule has 0 saturated heterocycles. The summed E-state index contributed by atoms with van der Waals surface area (Å²) in [7, 11) is 4.18. The fraction of sp³-hybridized carbons (Fsp3) is 0.526. The van der Waals surface area contributed by atoms with Gasteiger partial charge in [-0.05, 0) is 24.5 Å². The zero-order valence-electron chi connectivity index (χ0n) is 13.8. The first-order valence-corrected chi connectivity index (χ1v) is 8.12. The van der Waals surface area contributed by atoms with Crippen molar-refractivity contribution >= 4 is 11.9 Å². The zero-order valence-corrected chi connectivity index (χ0v) is 13.8. The molecule has 1 saturated carbocycles. The van der Waals surface area contributed by atoms with Gasteiger partial charge in [-0.15, -0.1) is 0 Å². The number of hydrogen-bond acceptors (Lipinski definition) is 1. The summed E-state index contributed by atoms with van der Waals surface area (Å²) in [5, 5.41) is 0. The van der Waals surface area contributed by atoms with Crippen molar-refractivity contribution in [1.29, 1.82) is 0 Å². The molecule has 2 aliphatic rings. The fourth-order valence-corrected chi connectivity index (χ4v) is 3.85. The zero-order chi connectivity index (χ0) is 15.0. The maximum atomic E-state index is 2.63. The van der Waals surface area contributed by atoms with Crippen LogP contribution in [0.5, 0.6) is 0 Å². The summed E-state index contributed by atoms with van der Waals surface area (Å²) < 4.78 is 2.12. The smallest absolute Gasteiger partial charge is 0.164 e. The summed E-state index contributed by atoms with van der Waals surface area (Å²) in [6.07, 6.45) is 9.89. The highest BCUT2D eigenvalue weighted by atomic mass is 15.2. The number of anilines is 1. The molecule has 0 atom stereocenters. The number of benzene rings is 1. The molecule has 0 radical (unpaired) electrons. The molecule has 2 nitrogen and oxygen atoms in total. The minimum Gasteiger partial charge on any atom is -0.341 e. The van der Waals surface area contributed by atoms with E-state index in [0.29, 0.717) is 6.04 Å². The summed E-state index contributed by atoms with van der Waals surface area (Å²) in [6, 6.07) is 9.62. The van der Waals surface area contributed by atoms with E-state index in [1.807, 2.05) is 0 Å². The molecule has 1 fully saturated rings. The van der Waals surface area contributed by atoms with E-state index < -0.39 is 0 Å². The van der Waals surface area contributed by atoms with Crippen LogP contribution in [0.25, 0.3) is 0 Å². The predicted molar refractivity (Wildman–Crippen MR) is 90.5 cm³/mol. The standard InChI is InChI=1S/C19H27N2/c1-19(2)16-11-7-8-12-17(16)21(15-9-5-6-10-15)18(19)13-14-20(3)4/h7-8,11-15H,5-6,9-10H2,1-4H3/q+1. The SMILES string of the molecule is C[N+](C)=CC=C1N(C2CCCC2)c2ccccc2C1(C)C. The van der Waals surface area contributed by atoms with E-state index in [2.05, 4.69) is 74.0 Å². The molecule has 0 unspecified atom stereocenters. The lowest BCUT2D eigenvalue weighted by Gasteiger charge is -2.31. The Bertz CT molecular complexity index is 585. The highest BCUT2D eigenvalue weighted by Crippen LogP contribution is 2.50. The lowest BCUT2D eigenvalue weighted by atomic mass is 9.84. The van der Waals surface area contributed by atoms with Crippen LogP contribution in [0.3, 0.4) is 0 Å². The number of allylic oxidation sites excluding steroid dienone is 2. The van der Waals surface area contributed by atoms with Gasteiger partial charge in [-0.2, -0.15) is 0 Å². The van der Waals surface area contributed by atoms with Crippen LogP contribution >= 0.6 is 0 Å². The molecule has 1 aromatic rings. The highest BCUT2D eigenvalue weighted by molar-refractivity contribution is 5.77. The van der Waals surface area contributed by atoms with Gasteiger partial charge in [0.2, 0.25) is 0 Å². The fourth-order valence-electron chi connectivity index (χ4n) is 3.85. The van der Waals surface area contributed by atoms with Gasteiger partial charge in [0, 0.05) is 28.9 Å². The molecule has 0 aromatic heterocycles. The van der Waals surface area contributed by atoms with Crippen LogP contribution < -0.4 is 4.90 Å². The number of nitrogens with zero attached hydrogens (tertiary/aromatic N) is 2. The molecule has 3 rings (SSSR count). The molecule has 1 aliphatic carbocycles. The van der Waals surface area contributed by atoms with Crippen molar-refractivity contribution in [3.05, 3.63) is 41.6 Å². The second-order valence-electron chi connectivity index (χ2n) is 7.12. The van der Waals surface area contributed by atoms with Gasteiger partial charge in [-0.25, -0.2) is 4.58 Å². The van der Waals surface area contributed by atoms with E-state index in [9.17, 15) is 0 Å². The molecule has 0 N–H and O–H groups in total. The molecule has 0 amide bonds. The van der Waals surface area contributed by atoms with Crippen LogP contribution in [0.1, 0.15) is 45.1 Å². The Kier molecular flexibility index (Phi) is 3.64. The largest absolute Gasteiger partial charge is 0.341 e. The van der Waals surface area contributed by atoms with Crippen molar-refractivity contribution in [2.24, 2.45) is 0 Å². The maximum absolute atomic E-state index is 2.63. The maximum Gasteiger partial charge on any atom is 0.164 e. The summed E-state index contributed by atoms with van der Waals surface area (Å²) >= 11 is 0. The van der Waals surface area contributed by atoms with Gasteiger partial charge in [0.1, 0.15) is 14.1 Å². The monoisotopic (exact) mass is 283 g/mol. The first-order valence-electron chi connectivity index (χ1n) is 8.12. The van der Waals surface area contributed by atoms with Gasteiger partial charge in [0.15, 0.2) is 6.21 Å². The average Bonchev–Trinajstić information content (AvgIpc) is 3.02. The lowest BCUT2D eigenvalue weighted by Crippen LogP contribution is -2.34. The molecule has 112 valence electrons. The molecule has 21 heavy (non-hydrogen) atoms. The van der Waals surface area contributed by atoms with Crippen molar-refractivity contribution in [2.45, 2.75) is 51.0 Å². The van der Waals surface area contributed by atoms with Crippen LogP contribution in [-0.4, -0.2) is 30.9 Å². The third-order valence-corrected chi connectivity index (χ3v) is 4.96. The van der Waals surface area contributed by atoms with E-state index in [-0.39, 0.29) is 5.41 Å². The Balaban J connectivity index is 2.12. The number of fused-ring (bicyclic) bond motifs is 1. The molecule has 0 spiro atoms. The number of para-hydroxylation sites is 1. The quantitative estimate of drug-likeness (QED) is 0.588. The Morgan fingerprint density at radius 2 is 1.81 bits per heavy atom. The molecular formula is C19H27N2+. The van der Waals surface area contributed by atoms with Crippen molar-refractivity contribution in [3.8, 4) is 0 Å². The number of rotatable bonds is 2. The lowest BCUT2D eigenvalue weighted by molar-refractivity contribution is -0.458. The first-order chi connectivity index (χ1) is 10.0. The summed E-state index contributed by atoms with van der Waals surface area (Å²) in [5.74, 6) is 0. The molecule has 1 heterocycles. The molecule has 2 heteroatoms. The predicted octanol–water partition coefficient (Wildman–Crippen LogP) is 3.95. The van der Waals surface area contributed by atoms with Crippen molar-refractivity contribution in [2.75, 3.05) is 19.0 Å². The normalized spacial score (nSPS) is 22.7. The summed E-state index contributed by atoms with van der Waals surface area (Å²) in [4.78, 5) is 2.63. The van der Waals surface area contributed by atoms with Crippen molar-refractivity contribution in [3.63, 3.8) is 0 Å². The third-order valence-electron chi connectivity index (χ3n) is 4.96. The van der Waals surface area contributed by atoms with Gasteiger partial charge in [0.05, 0.1) is 0 Å². The second kappa shape index (κ2) is 5.32. The average molecular weight is 283 g/mol.